The van der Waals surface area contributed by atoms with Gasteiger partial charge in [-0.1, -0.05) is 56.8 Å². The molecule has 0 saturated carbocycles. The summed E-state index contributed by atoms with van der Waals surface area (Å²) in [4.78, 5) is 3.15. The van der Waals surface area contributed by atoms with E-state index >= 15 is 0 Å². The van der Waals surface area contributed by atoms with E-state index < -0.39 is 10.0 Å². The number of benzene rings is 1. The van der Waals surface area contributed by atoms with E-state index in [0.29, 0.717) is 24.5 Å². The lowest BCUT2D eigenvalue weighted by Gasteiger charge is -2.21. The van der Waals surface area contributed by atoms with Crippen LogP contribution < -0.4 is 0 Å². The second-order valence-electron chi connectivity index (χ2n) is 6.87. The van der Waals surface area contributed by atoms with Gasteiger partial charge in [0.25, 0.3) is 0 Å². The first kappa shape index (κ1) is 23.5. The number of rotatable bonds is 15. The van der Waals surface area contributed by atoms with Crippen LogP contribution in [0.2, 0.25) is 0 Å². The highest BCUT2D eigenvalue weighted by molar-refractivity contribution is 7.89. The van der Waals surface area contributed by atoms with Crippen LogP contribution >= 0.6 is 0 Å². The average molecular weight is 395 g/mol. The summed E-state index contributed by atoms with van der Waals surface area (Å²) in [6.45, 7) is 5.74. The molecular weight excluding hydrogens is 360 g/mol. The Morgan fingerprint density at radius 2 is 1.48 bits per heavy atom. The van der Waals surface area contributed by atoms with Gasteiger partial charge in [0.1, 0.15) is 0 Å². The van der Waals surface area contributed by atoms with Crippen molar-refractivity contribution in [1.82, 2.24) is 4.31 Å². The van der Waals surface area contributed by atoms with Gasteiger partial charge in [-0.25, -0.2) is 8.42 Å². The molecule has 0 N–H and O–H groups in total. The Kier molecular flexibility index (Phi) is 11.8. The minimum Gasteiger partial charge on any atom is -0.207 e. The van der Waals surface area contributed by atoms with Crippen molar-refractivity contribution >= 4 is 10.0 Å². The van der Waals surface area contributed by atoms with E-state index in [1.807, 2.05) is 26.0 Å². The van der Waals surface area contributed by atoms with Crippen LogP contribution in [0, 0.1) is 0 Å². The first-order valence-corrected chi connectivity index (χ1v) is 11.6. The smallest absolute Gasteiger partial charge is 0.207 e. The second-order valence-corrected chi connectivity index (χ2v) is 8.81. The molecule has 1 aromatic rings. The quantitative estimate of drug-likeness (QED) is 0.165. The van der Waals surface area contributed by atoms with Gasteiger partial charge in [0.15, 0.2) is 0 Å². The van der Waals surface area contributed by atoms with Crippen molar-refractivity contribution in [3.8, 4) is 0 Å². The predicted molar refractivity (Wildman–Crippen MR) is 111 cm³/mol. The number of hydrogen-bond acceptors (Lipinski definition) is 3. The fourth-order valence-electron chi connectivity index (χ4n) is 3.09. The third kappa shape index (κ3) is 8.78. The Morgan fingerprint density at radius 1 is 0.926 bits per heavy atom. The molecule has 0 fully saturated rings. The van der Waals surface area contributed by atoms with Crippen LogP contribution in [0.15, 0.2) is 34.3 Å². The first-order chi connectivity index (χ1) is 13.1. The Labute approximate surface area is 164 Å². The predicted octanol–water partition coefficient (Wildman–Crippen LogP) is 5.69. The summed E-state index contributed by atoms with van der Waals surface area (Å²) in [5, 5.41) is 3.54. The molecule has 0 saturated heterocycles. The van der Waals surface area contributed by atoms with Crippen LogP contribution in [0.5, 0.6) is 0 Å². The van der Waals surface area contributed by atoms with E-state index in [1.165, 1.54) is 24.8 Å². The van der Waals surface area contributed by atoms with Gasteiger partial charge >= 0.3 is 0 Å². The summed E-state index contributed by atoms with van der Waals surface area (Å²) >= 11 is 0. The molecule has 0 aliphatic heterocycles. The Morgan fingerprint density at radius 3 is 2.04 bits per heavy atom. The van der Waals surface area contributed by atoms with Crippen LogP contribution in [0.25, 0.3) is 10.4 Å². The highest BCUT2D eigenvalue weighted by Crippen LogP contribution is 2.18. The molecule has 0 heterocycles. The van der Waals surface area contributed by atoms with Gasteiger partial charge in [0.05, 0.1) is 4.90 Å². The Bertz CT molecular complexity index is 662. The summed E-state index contributed by atoms with van der Waals surface area (Å²) in [7, 11) is -3.38. The van der Waals surface area contributed by atoms with Gasteiger partial charge in [0, 0.05) is 24.5 Å². The van der Waals surface area contributed by atoms with Gasteiger partial charge in [-0.2, -0.15) is 4.31 Å². The number of nitrogens with zero attached hydrogens (tertiary/aromatic N) is 4. The standard InChI is InChI=1S/C20H34N4O2S/c1-3-17-24(18-4-2)27(25,26)20-14-12-19(13-15-20)11-9-7-5-6-8-10-16-22-23-21/h12-15H,3-11,16-18H2,1-2H3. The largest absolute Gasteiger partial charge is 0.243 e. The molecule has 0 radical (unpaired) electrons. The van der Waals surface area contributed by atoms with E-state index in [1.54, 1.807) is 16.4 Å². The number of aryl methyl sites for hydroxylation is 1. The van der Waals surface area contributed by atoms with Gasteiger partial charge in [-0.05, 0) is 55.3 Å². The fourth-order valence-corrected chi connectivity index (χ4v) is 4.72. The molecule has 0 aromatic heterocycles. The van der Waals surface area contributed by atoms with Gasteiger partial charge < -0.3 is 0 Å². The van der Waals surface area contributed by atoms with Crippen LogP contribution in [0.1, 0.15) is 70.8 Å². The van der Waals surface area contributed by atoms with Gasteiger partial charge in [-0.15, -0.1) is 0 Å². The number of sulfonamides is 1. The normalized spacial score (nSPS) is 11.5. The van der Waals surface area contributed by atoms with Crippen molar-refractivity contribution < 1.29 is 8.42 Å². The molecule has 6 nitrogen and oxygen atoms in total. The summed E-state index contributed by atoms with van der Waals surface area (Å²) in [5.74, 6) is 0. The molecule has 0 atom stereocenters. The fraction of sp³-hybridized carbons (Fsp3) is 0.700. The highest BCUT2D eigenvalue weighted by atomic mass is 32.2. The molecule has 0 spiro atoms. The highest BCUT2D eigenvalue weighted by Gasteiger charge is 2.22. The molecule has 0 aliphatic carbocycles. The zero-order valence-corrected chi connectivity index (χ0v) is 17.6. The van der Waals surface area contributed by atoms with E-state index in [0.717, 1.165) is 38.5 Å². The minimum absolute atomic E-state index is 0.396. The zero-order valence-electron chi connectivity index (χ0n) is 16.8. The van der Waals surface area contributed by atoms with E-state index in [4.69, 9.17) is 5.53 Å². The molecule has 0 aliphatic rings. The molecule has 0 unspecified atom stereocenters. The van der Waals surface area contributed by atoms with Crippen molar-refractivity contribution in [3.63, 3.8) is 0 Å². The van der Waals surface area contributed by atoms with Crippen molar-refractivity contribution in [2.75, 3.05) is 19.6 Å². The summed E-state index contributed by atoms with van der Waals surface area (Å²) < 4.78 is 27.1. The maximum atomic E-state index is 12.7. The van der Waals surface area contributed by atoms with E-state index in [9.17, 15) is 8.42 Å². The molecule has 0 amide bonds. The first-order valence-electron chi connectivity index (χ1n) is 10.2. The molecule has 0 bridgehead atoms. The van der Waals surface area contributed by atoms with E-state index in [2.05, 4.69) is 10.0 Å². The molecule has 1 aromatic carbocycles. The second kappa shape index (κ2) is 13.6. The van der Waals surface area contributed by atoms with Crippen LogP contribution in [-0.2, 0) is 16.4 Å². The topological polar surface area (TPSA) is 86.1 Å². The maximum Gasteiger partial charge on any atom is 0.243 e. The lowest BCUT2D eigenvalue weighted by molar-refractivity contribution is 0.410. The zero-order chi connectivity index (χ0) is 20.0. The maximum absolute atomic E-state index is 12.7. The third-order valence-corrected chi connectivity index (χ3v) is 6.46. The Hall–Kier alpha value is -1.56. The van der Waals surface area contributed by atoms with Gasteiger partial charge in [-0.3, -0.25) is 0 Å². The Balaban J connectivity index is 2.41. The van der Waals surface area contributed by atoms with Crippen LogP contribution in [-0.4, -0.2) is 32.4 Å². The van der Waals surface area contributed by atoms with Crippen molar-refractivity contribution in [3.05, 3.63) is 40.3 Å². The van der Waals surface area contributed by atoms with Crippen molar-refractivity contribution in [2.24, 2.45) is 5.11 Å². The SMILES string of the molecule is CCCN(CCC)S(=O)(=O)c1ccc(CCCCCCCCN=[N+]=[N-])cc1. The van der Waals surface area contributed by atoms with Crippen molar-refractivity contribution in [1.29, 1.82) is 0 Å². The molecule has 152 valence electrons. The lowest BCUT2D eigenvalue weighted by Crippen LogP contribution is -2.32. The van der Waals surface area contributed by atoms with Crippen LogP contribution in [0.4, 0.5) is 0 Å². The lowest BCUT2D eigenvalue weighted by atomic mass is 10.1. The minimum atomic E-state index is -3.38. The summed E-state index contributed by atoms with van der Waals surface area (Å²) in [6, 6.07) is 7.39. The molecule has 27 heavy (non-hydrogen) atoms. The summed E-state index contributed by atoms with van der Waals surface area (Å²) in [5.41, 5.74) is 9.40. The van der Waals surface area contributed by atoms with Crippen molar-refractivity contribution in [2.45, 2.75) is 76.5 Å². The van der Waals surface area contributed by atoms with Gasteiger partial charge in [0.2, 0.25) is 10.0 Å². The molecule has 1 rings (SSSR count). The molecule has 7 heteroatoms. The average Bonchev–Trinajstić information content (AvgIpc) is 2.67. The number of azide groups is 1. The summed E-state index contributed by atoms with van der Waals surface area (Å²) in [6.07, 6.45) is 9.33. The third-order valence-electron chi connectivity index (χ3n) is 4.54. The monoisotopic (exact) mass is 394 g/mol. The van der Waals surface area contributed by atoms with E-state index in [-0.39, 0.29) is 0 Å². The number of hydrogen-bond donors (Lipinski definition) is 0. The number of unbranched alkanes of at least 4 members (excludes halogenated alkanes) is 5. The van der Waals surface area contributed by atoms with Crippen LogP contribution in [0.3, 0.4) is 0 Å². The molecular formula is C20H34N4O2S.